The molecule has 158 valence electrons. The molecule has 1 saturated carbocycles. The molecule has 13 nitrogen and oxygen atoms in total. The average Bonchev–Trinajstić information content (AvgIpc) is 3.16. The number of nitrogens with zero attached hydrogens (tertiary/aromatic N) is 3. The lowest BCUT2D eigenvalue weighted by atomic mass is 9.76. The number of H-pyrrole nitrogens is 1. The molecule has 1 aliphatic rings. The average molecular weight is 402 g/mol. The number of nitrogen functional groups attached to an aromatic ring is 1. The molecule has 2 heterocycles. The van der Waals surface area contributed by atoms with Crippen LogP contribution in [0.1, 0.15) is 6.42 Å². The number of fused-ring (bicyclic) bond motifs is 1. The van der Waals surface area contributed by atoms with Gasteiger partial charge in [-0.3, -0.25) is 0 Å². The molecule has 0 saturated heterocycles. The Morgan fingerprint density at radius 3 is 2.46 bits per heavy atom. The van der Waals surface area contributed by atoms with Gasteiger partial charge in [0, 0.05) is 6.04 Å². The molecule has 1 fully saturated rings. The van der Waals surface area contributed by atoms with Crippen molar-refractivity contribution in [2.75, 3.05) is 25.6 Å². The van der Waals surface area contributed by atoms with E-state index in [4.69, 9.17) is 21.1 Å². The summed E-state index contributed by atoms with van der Waals surface area (Å²) in [7, 11) is 0. The maximum Gasteiger partial charge on any atom is 0.222 e. The molecule has 3 rings (SSSR count). The number of aliphatic hydroxyl groups is 7. The lowest BCUT2D eigenvalue weighted by molar-refractivity contribution is -0.207. The van der Waals surface area contributed by atoms with Crippen molar-refractivity contribution in [1.29, 1.82) is 0 Å². The summed E-state index contributed by atoms with van der Waals surface area (Å²) in [5.41, 5.74) is 4.78. The zero-order valence-corrected chi connectivity index (χ0v) is 14.9. The molecule has 1 aliphatic carbocycles. The van der Waals surface area contributed by atoms with Crippen LogP contribution < -0.4 is 11.1 Å². The van der Waals surface area contributed by atoms with Crippen LogP contribution in [0.5, 0.6) is 0 Å². The van der Waals surface area contributed by atoms with Gasteiger partial charge in [0.2, 0.25) is 5.95 Å². The molecular formula is C15H26N6O7. The highest BCUT2D eigenvalue weighted by Gasteiger charge is 2.51. The Bertz CT molecular complexity index is 744. The summed E-state index contributed by atoms with van der Waals surface area (Å²) in [6, 6.07) is -1.60. The van der Waals surface area contributed by atoms with E-state index in [1.54, 1.807) is 12.5 Å². The minimum absolute atomic E-state index is 0.223. The van der Waals surface area contributed by atoms with Gasteiger partial charge in [0.25, 0.3) is 0 Å². The van der Waals surface area contributed by atoms with Gasteiger partial charge in [0.05, 0.1) is 44.5 Å². The molecule has 28 heavy (non-hydrogen) atoms. The second-order valence-corrected chi connectivity index (χ2v) is 6.59. The molecule has 11 N–H and O–H groups in total. The van der Waals surface area contributed by atoms with Crippen molar-refractivity contribution in [3.63, 3.8) is 0 Å². The number of aromatic amines is 1. The van der Waals surface area contributed by atoms with E-state index >= 15 is 0 Å². The lowest BCUT2D eigenvalue weighted by Gasteiger charge is -2.46. The van der Waals surface area contributed by atoms with E-state index in [2.05, 4.69) is 25.3 Å². The maximum atomic E-state index is 9.93. The van der Waals surface area contributed by atoms with Crippen LogP contribution in [0.2, 0.25) is 0 Å². The number of aromatic nitrogens is 4. The first-order chi connectivity index (χ1) is 13.3. The van der Waals surface area contributed by atoms with Gasteiger partial charge < -0.3 is 51.8 Å². The predicted molar refractivity (Wildman–Crippen MR) is 95.7 cm³/mol. The summed E-state index contributed by atoms with van der Waals surface area (Å²) in [4.78, 5) is 14.4. The molecular weight excluding hydrogens is 376 g/mol. The van der Waals surface area contributed by atoms with Crippen molar-refractivity contribution in [2.24, 2.45) is 0 Å². The second-order valence-electron chi connectivity index (χ2n) is 6.59. The fourth-order valence-corrected chi connectivity index (χ4v) is 2.90. The lowest BCUT2D eigenvalue weighted by Crippen LogP contribution is -2.68. The molecule has 0 radical (unpaired) electrons. The zero-order valence-electron chi connectivity index (χ0n) is 14.9. The molecule has 2 aromatic rings. The van der Waals surface area contributed by atoms with Crippen molar-refractivity contribution in [1.82, 2.24) is 25.3 Å². The van der Waals surface area contributed by atoms with E-state index in [1.165, 1.54) is 0 Å². The van der Waals surface area contributed by atoms with Crippen LogP contribution in [-0.2, 0) is 0 Å². The van der Waals surface area contributed by atoms with E-state index in [9.17, 15) is 20.4 Å². The van der Waals surface area contributed by atoms with E-state index < -0.39 is 55.8 Å². The van der Waals surface area contributed by atoms with Crippen LogP contribution in [0.25, 0.3) is 11.2 Å². The fraction of sp³-hybridized carbons (Fsp3) is 0.667. The molecule has 2 aromatic heterocycles. The first-order valence-corrected chi connectivity index (χ1v) is 8.52. The van der Waals surface area contributed by atoms with Gasteiger partial charge in [-0.15, -0.1) is 0 Å². The number of hydrogen-bond donors (Lipinski definition) is 10. The minimum atomic E-state index is -1.94. The summed E-state index contributed by atoms with van der Waals surface area (Å²) in [6.45, 7) is -1.56. The third kappa shape index (κ3) is 4.89. The molecule has 0 unspecified atom stereocenters. The summed E-state index contributed by atoms with van der Waals surface area (Å²) in [5.74, 6) is 0.261. The number of hydrogen-bond acceptors (Lipinski definition) is 12. The van der Waals surface area contributed by atoms with Gasteiger partial charge in [0.1, 0.15) is 23.3 Å². The summed E-state index contributed by atoms with van der Waals surface area (Å²) >= 11 is 0. The first-order valence-electron chi connectivity index (χ1n) is 8.52. The van der Waals surface area contributed by atoms with Gasteiger partial charge in [-0.05, 0) is 6.42 Å². The van der Waals surface area contributed by atoms with Crippen molar-refractivity contribution in [2.45, 2.75) is 42.4 Å². The fourth-order valence-electron chi connectivity index (χ4n) is 2.90. The van der Waals surface area contributed by atoms with Gasteiger partial charge in [-0.1, -0.05) is 0 Å². The van der Waals surface area contributed by atoms with Crippen LogP contribution in [0.3, 0.4) is 0 Å². The normalized spacial score (nSPS) is 30.3. The Morgan fingerprint density at radius 1 is 1.18 bits per heavy atom. The minimum Gasteiger partial charge on any atom is -0.395 e. The van der Waals surface area contributed by atoms with Gasteiger partial charge in [0.15, 0.2) is 5.65 Å². The van der Waals surface area contributed by atoms with Gasteiger partial charge in [-0.25, -0.2) is 9.97 Å². The summed E-state index contributed by atoms with van der Waals surface area (Å²) < 4.78 is 0. The number of rotatable bonds is 5. The summed E-state index contributed by atoms with van der Waals surface area (Å²) in [6.07, 6.45) is -1.78. The third-order valence-electron chi connectivity index (χ3n) is 4.57. The van der Waals surface area contributed by atoms with Crippen molar-refractivity contribution >= 4 is 17.1 Å². The SMILES string of the molecule is Nc1ncc2nc[nH]c2n1.OCC(CO)N[C@H]1C[C@](O)(CO)[C@@H](O)[C@H](O)[C@H]1O. The smallest absolute Gasteiger partial charge is 0.222 e. The van der Waals surface area contributed by atoms with E-state index in [1.807, 2.05) is 0 Å². The highest BCUT2D eigenvalue weighted by molar-refractivity contribution is 5.69. The van der Waals surface area contributed by atoms with Crippen molar-refractivity contribution in [3.8, 4) is 0 Å². The third-order valence-corrected chi connectivity index (χ3v) is 4.57. The van der Waals surface area contributed by atoms with Crippen LogP contribution in [0, 0.1) is 0 Å². The molecule has 0 aliphatic heterocycles. The zero-order chi connectivity index (χ0) is 20.9. The molecule has 0 aromatic carbocycles. The van der Waals surface area contributed by atoms with Crippen LogP contribution in [-0.4, -0.2) is 111 Å². The second kappa shape index (κ2) is 9.49. The Morgan fingerprint density at radius 2 is 1.86 bits per heavy atom. The number of anilines is 1. The quantitative estimate of drug-likeness (QED) is 0.228. The largest absolute Gasteiger partial charge is 0.395 e. The predicted octanol–water partition coefficient (Wildman–Crippen LogP) is -4.56. The van der Waals surface area contributed by atoms with Crippen LogP contribution in [0.15, 0.2) is 12.5 Å². The monoisotopic (exact) mass is 402 g/mol. The molecule has 0 bridgehead atoms. The molecule has 0 spiro atoms. The van der Waals surface area contributed by atoms with Gasteiger partial charge in [-0.2, -0.15) is 4.98 Å². The van der Waals surface area contributed by atoms with Crippen molar-refractivity contribution < 1.29 is 35.7 Å². The van der Waals surface area contributed by atoms with Crippen molar-refractivity contribution in [3.05, 3.63) is 12.5 Å². The highest BCUT2D eigenvalue weighted by atomic mass is 16.4. The highest BCUT2D eigenvalue weighted by Crippen LogP contribution is 2.29. The Hall–Kier alpha value is -1.97. The molecule has 13 heteroatoms. The summed E-state index contributed by atoms with van der Waals surface area (Å²) in [5, 5.41) is 68.4. The molecule has 0 amide bonds. The Labute approximate surface area is 159 Å². The first kappa shape index (κ1) is 22.3. The standard InChI is InChI=1S/C10H21NO7.C5H5N5/c12-2-5(3-13)11-6-1-10(18,4-14)9(17)8(16)7(6)15;6-5-7-1-3-4(10-5)9-2-8-3/h5-9,11-18H,1-4H2;1-2H,(H3,6,7,8,9,10)/t6-,7-,8+,9-,10-;/m0./s1. The Balaban J connectivity index is 0.000000233. The van der Waals surface area contributed by atoms with E-state index in [0.29, 0.717) is 5.65 Å². The maximum absolute atomic E-state index is 9.93. The van der Waals surface area contributed by atoms with Gasteiger partial charge >= 0.3 is 0 Å². The van der Waals surface area contributed by atoms with E-state index in [0.717, 1.165) is 5.52 Å². The number of nitrogens with one attached hydrogen (secondary N) is 2. The number of imidazole rings is 1. The van der Waals surface area contributed by atoms with E-state index in [-0.39, 0.29) is 12.4 Å². The number of nitrogens with two attached hydrogens (primary N) is 1. The molecule has 5 atom stereocenters. The van der Waals surface area contributed by atoms with Crippen LogP contribution >= 0.6 is 0 Å². The number of aliphatic hydroxyl groups excluding tert-OH is 6. The van der Waals surface area contributed by atoms with Crippen LogP contribution in [0.4, 0.5) is 5.95 Å². The Kier molecular flexibility index (Phi) is 7.56. The topological polar surface area (TPSA) is 234 Å².